The van der Waals surface area contributed by atoms with Gasteiger partial charge >= 0.3 is 0 Å². The van der Waals surface area contributed by atoms with Gasteiger partial charge in [-0.1, -0.05) is 18.2 Å². The van der Waals surface area contributed by atoms with Crippen molar-refractivity contribution in [2.75, 3.05) is 61.1 Å². The minimum Gasteiger partial charge on any atom is -0.497 e. The molecule has 1 saturated heterocycles. The number of ether oxygens (including phenoxy) is 2. The van der Waals surface area contributed by atoms with Gasteiger partial charge in [0.05, 0.1) is 31.0 Å². The molecule has 1 aromatic rings. The van der Waals surface area contributed by atoms with Crippen molar-refractivity contribution in [3.05, 3.63) is 65.0 Å². The highest BCUT2D eigenvalue weighted by Gasteiger charge is 2.32. The summed E-state index contributed by atoms with van der Waals surface area (Å²) in [5, 5.41) is 8.36. The fourth-order valence-corrected chi connectivity index (χ4v) is 5.46. The molecule has 0 saturated carbocycles. The molecule has 1 fully saturated rings. The largest absolute Gasteiger partial charge is 0.497 e. The molecule has 2 heterocycles. The predicted octanol–water partition coefficient (Wildman–Crippen LogP) is 3.63. The maximum absolute atomic E-state index is 8.36. The third kappa shape index (κ3) is 6.48. The highest BCUT2D eigenvalue weighted by Crippen LogP contribution is 2.32. The zero-order valence-electron chi connectivity index (χ0n) is 23.7. The van der Waals surface area contributed by atoms with Crippen LogP contribution in [-0.2, 0) is 4.74 Å². The number of rotatable bonds is 10. The predicted molar refractivity (Wildman–Crippen MR) is 155 cm³/mol. The summed E-state index contributed by atoms with van der Waals surface area (Å²) in [7, 11) is 7.47. The molecule has 1 aromatic carbocycles. The van der Waals surface area contributed by atoms with Gasteiger partial charge in [0, 0.05) is 76.8 Å². The van der Waals surface area contributed by atoms with Gasteiger partial charge in [-0.05, 0) is 50.0 Å². The topological polar surface area (TPSA) is 90.4 Å². The Morgan fingerprint density at radius 1 is 1.18 bits per heavy atom. The molecule has 0 radical (unpaired) electrons. The summed E-state index contributed by atoms with van der Waals surface area (Å²) in [5.41, 5.74) is 11.2. The first kappa shape index (κ1) is 27.9. The third-order valence-electron chi connectivity index (χ3n) is 7.98. The maximum atomic E-state index is 8.36. The minimum absolute atomic E-state index is 0.0546. The lowest BCUT2D eigenvalue weighted by Gasteiger charge is -2.38. The summed E-state index contributed by atoms with van der Waals surface area (Å²) in [6, 6.07) is 5.74. The van der Waals surface area contributed by atoms with E-state index in [-0.39, 0.29) is 18.2 Å². The van der Waals surface area contributed by atoms with Crippen LogP contribution >= 0.6 is 0 Å². The van der Waals surface area contributed by atoms with E-state index >= 15 is 0 Å². The molecule has 3 aliphatic rings. The number of hydrogen-bond donors (Lipinski definition) is 2. The minimum atomic E-state index is 0.0546. The third-order valence-corrected chi connectivity index (χ3v) is 7.98. The van der Waals surface area contributed by atoms with Crippen molar-refractivity contribution in [1.29, 1.82) is 5.41 Å². The van der Waals surface area contributed by atoms with E-state index in [2.05, 4.69) is 60.1 Å². The Kier molecular flexibility index (Phi) is 8.95. The molecule has 1 aliphatic carbocycles. The van der Waals surface area contributed by atoms with Crippen LogP contribution in [0.4, 0.5) is 0 Å². The van der Waals surface area contributed by atoms with E-state index in [1.165, 1.54) is 11.3 Å². The summed E-state index contributed by atoms with van der Waals surface area (Å²) in [4.78, 5) is 12.1. The zero-order chi connectivity index (χ0) is 27.3. The number of methoxy groups -OCH3 is 2. The van der Waals surface area contributed by atoms with Crippen molar-refractivity contribution in [1.82, 2.24) is 14.7 Å². The Balaban J connectivity index is 1.33. The molecule has 8 nitrogen and oxygen atoms in total. The van der Waals surface area contributed by atoms with Crippen LogP contribution in [0.3, 0.4) is 0 Å². The summed E-state index contributed by atoms with van der Waals surface area (Å²) in [6.07, 6.45) is 13.6. The smallest absolute Gasteiger partial charge is 0.126 e. The number of nitrogens with zero attached hydrogens (tertiary/aromatic N) is 4. The molecule has 0 aromatic heterocycles. The fraction of sp³-hybridized carbons (Fsp3) is 0.533. The number of piperidine rings is 1. The van der Waals surface area contributed by atoms with Crippen molar-refractivity contribution < 1.29 is 9.47 Å². The molecule has 2 aliphatic heterocycles. The standard InChI is InChI=1S/C30H44N6O2/c1-30(36-17-12-24(20-36)34(2)3)13-8-22(9-14-30)19-35-15-10-23(11-16-35)33-29(32)27-18-25(38-5)6-7-26(27)28(31)21-37-4/h6-9,13,18,20,23,31H,10-12,14-17,19,21H2,1-5H3,(H2,32,33). The summed E-state index contributed by atoms with van der Waals surface area (Å²) in [6.45, 7) is 6.61. The van der Waals surface area contributed by atoms with E-state index in [1.54, 1.807) is 14.2 Å². The molecule has 0 amide bonds. The second-order valence-corrected chi connectivity index (χ2v) is 11.0. The molecule has 8 heteroatoms. The van der Waals surface area contributed by atoms with Crippen LogP contribution in [0.25, 0.3) is 0 Å². The number of amidine groups is 1. The van der Waals surface area contributed by atoms with Crippen molar-refractivity contribution in [3.8, 4) is 5.75 Å². The molecule has 0 spiro atoms. The molecule has 206 valence electrons. The molecule has 4 rings (SSSR count). The van der Waals surface area contributed by atoms with Crippen LogP contribution in [0.5, 0.6) is 5.75 Å². The maximum Gasteiger partial charge on any atom is 0.126 e. The van der Waals surface area contributed by atoms with E-state index in [1.807, 2.05) is 18.2 Å². The Morgan fingerprint density at radius 3 is 2.55 bits per heavy atom. The molecular weight excluding hydrogens is 476 g/mol. The fourth-order valence-electron chi connectivity index (χ4n) is 5.46. The van der Waals surface area contributed by atoms with Crippen molar-refractivity contribution in [3.63, 3.8) is 0 Å². The molecule has 38 heavy (non-hydrogen) atoms. The molecule has 1 unspecified atom stereocenters. The lowest BCUT2D eigenvalue weighted by Crippen LogP contribution is -2.41. The number of aliphatic imine (C=N–C) groups is 1. The first-order valence-electron chi connectivity index (χ1n) is 13.6. The molecular formula is C30H44N6O2. The quantitative estimate of drug-likeness (QED) is 0.362. The summed E-state index contributed by atoms with van der Waals surface area (Å²) >= 11 is 0. The van der Waals surface area contributed by atoms with Gasteiger partial charge in [-0.25, -0.2) is 0 Å². The normalized spacial score (nSPS) is 22.9. The molecule has 0 bridgehead atoms. The average molecular weight is 521 g/mol. The highest BCUT2D eigenvalue weighted by molar-refractivity contribution is 6.11. The van der Waals surface area contributed by atoms with Crippen molar-refractivity contribution in [2.24, 2.45) is 10.7 Å². The molecule has 1 atom stereocenters. The Hall–Kier alpha value is -3.10. The van der Waals surface area contributed by atoms with Crippen LogP contribution in [0, 0.1) is 5.41 Å². The van der Waals surface area contributed by atoms with Crippen molar-refractivity contribution >= 4 is 11.5 Å². The van der Waals surface area contributed by atoms with Gasteiger partial charge in [-0.15, -0.1) is 0 Å². The van der Waals surface area contributed by atoms with Gasteiger partial charge in [0.25, 0.3) is 0 Å². The lowest BCUT2D eigenvalue weighted by atomic mass is 9.88. The van der Waals surface area contributed by atoms with Crippen LogP contribution in [0.1, 0.15) is 43.7 Å². The Bertz CT molecular complexity index is 1130. The summed E-state index contributed by atoms with van der Waals surface area (Å²) in [5.74, 6) is 1.16. The van der Waals surface area contributed by atoms with Crippen LogP contribution < -0.4 is 10.5 Å². The van der Waals surface area contributed by atoms with E-state index in [0.717, 1.165) is 63.0 Å². The number of nitrogens with one attached hydrogen (secondary N) is 1. The monoisotopic (exact) mass is 520 g/mol. The van der Waals surface area contributed by atoms with E-state index in [9.17, 15) is 0 Å². The van der Waals surface area contributed by atoms with Gasteiger partial charge in [0.15, 0.2) is 0 Å². The Labute approximate surface area is 228 Å². The average Bonchev–Trinajstić information content (AvgIpc) is 3.43. The van der Waals surface area contributed by atoms with E-state index < -0.39 is 0 Å². The van der Waals surface area contributed by atoms with Gasteiger partial charge in [-0.2, -0.15) is 0 Å². The van der Waals surface area contributed by atoms with Gasteiger partial charge in [-0.3, -0.25) is 9.89 Å². The number of nitrogens with two attached hydrogens (primary N) is 1. The van der Waals surface area contributed by atoms with Crippen LogP contribution in [-0.4, -0.2) is 98.9 Å². The lowest BCUT2D eigenvalue weighted by molar-refractivity contribution is 0.222. The van der Waals surface area contributed by atoms with Crippen LogP contribution in [0.15, 0.2) is 58.9 Å². The second kappa shape index (κ2) is 12.2. The van der Waals surface area contributed by atoms with Gasteiger partial charge in [0.2, 0.25) is 0 Å². The van der Waals surface area contributed by atoms with Crippen LogP contribution in [0.2, 0.25) is 0 Å². The summed E-state index contributed by atoms with van der Waals surface area (Å²) < 4.78 is 10.6. The first-order chi connectivity index (χ1) is 18.2. The zero-order valence-corrected chi connectivity index (χ0v) is 23.7. The van der Waals surface area contributed by atoms with Gasteiger partial charge in [0.1, 0.15) is 11.6 Å². The second-order valence-electron chi connectivity index (χ2n) is 11.0. The SMILES string of the molecule is COCC(=N)c1ccc(OC)cc1C(N)=NC1CCN(CC2=CCC(C)(N3C=C(N(C)C)CC3)C=C2)CC1. The van der Waals surface area contributed by atoms with Gasteiger partial charge < -0.3 is 30.4 Å². The highest BCUT2D eigenvalue weighted by atomic mass is 16.5. The molecule has 3 N–H and O–H groups in total. The van der Waals surface area contributed by atoms with E-state index in [4.69, 9.17) is 25.6 Å². The Morgan fingerprint density at radius 2 is 1.95 bits per heavy atom. The number of benzene rings is 1. The first-order valence-corrected chi connectivity index (χ1v) is 13.6. The van der Waals surface area contributed by atoms with Crippen molar-refractivity contribution in [2.45, 2.75) is 44.2 Å². The van der Waals surface area contributed by atoms with E-state index in [0.29, 0.717) is 17.3 Å². The number of hydrogen-bond acceptors (Lipinski definition) is 7. The number of likely N-dealkylation sites (tertiary alicyclic amines) is 1.